The van der Waals surface area contributed by atoms with Crippen LogP contribution in [0.25, 0.3) is 0 Å². The van der Waals surface area contributed by atoms with E-state index < -0.39 is 0 Å². The molecule has 17 heavy (non-hydrogen) atoms. The SMILES string of the molecule is CC(N)Cc1ccc(N2CCCC2C)c(Br)c1. The van der Waals surface area contributed by atoms with E-state index in [2.05, 4.69) is 46.0 Å². The van der Waals surface area contributed by atoms with Gasteiger partial charge in [-0.05, 0) is 66.7 Å². The zero-order valence-corrected chi connectivity index (χ0v) is 12.2. The molecule has 2 N–H and O–H groups in total. The normalized spacial score (nSPS) is 21.9. The summed E-state index contributed by atoms with van der Waals surface area (Å²) in [5.41, 5.74) is 8.46. The molecule has 0 spiro atoms. The quantitative estimate of drug-likeness (QED) is 0.927. The van der Waals surface area contributed by atoms with Crippen molar-refractivity contribution < 1.29 is 0 Å². The minimum atomic E-state index is 0.221. The van der Waals surface area contributed by atoms with E-state index in [1.807, 2.05) is 6.92 Å². The predicted octanol–water partition coefficient (Wildman–Crippen LogP) is 3.33. The minimum Gasteiger partial charge on any atom is -0.368 e. The number of hydrogen-bond donors (Lipinski definition) is 1. The van der Waals surface area contributed by atoms with Crippen LogP contribution in [0.2, 0.25) is 0 Å². The van der Waals surface area contributed by atoms with E-state index in [0.717, 1.165) is 6.42 Å². The van der Waals surface area contributed by atoms with Gasteiger partial charge in [0.2, 0.25) is 0 Å². The molecular formula is C14H21BrN2. The summed E-state index contributed by atoms with van der Waals surface area (Å²) < 4.78 is 1.20. The Hall–Kier alpha value is -0.540. The minimum absolute atomic E-state index is 0.221. The number of rotatable bonds is 3. The van der Waals surface area contributed by atoms with Crippen LogP contribution in [0.1, 0.15) is 32.3 Å². The third-order valence-corrected chi connectivity index (χ3v) is 4.07. The molecule has 0 aromatic heterocycles. The summed E-state index contributed by atoms with van der Waals surface area (Å²) >= 11 is 3.69. The van der Waals surface area contributed by atoms with Crippen LogP contribution in [0.4, 0.5) is 5.69 Å². The molecule has 3 heteroatoms. The lowest BCUT2D eigenvalue weighted by atomic mass is 10.1. The summed E-state index contributed by atoms with van der Waals surface area (Å²) in [5, 5.41) is 0. The van der Waals surface area contributed by atoms with Gasteiger partial charge in [-0.3, -0.25) is 0 Å². The van der Waals surface area contributed by atoms with E-state index >= 15 is 0 Å². The van der Waals surface area contributed by atoms with Gasteiger partial charge < -0.3 is 10.6 Å². The lowest BCUT2D eigenvalue weighted by Crippen LogP contribution is -2.26. The van der Waals surface area contributed by atoms with Crippen LogP contribution >= 0.6 is 15.9 Å². The monoisotopic (exact) mass is 296 g/mol. The van der Waals surface area contributed by atoms with Crippen molar-refractivity contribution in [3.8, 4) is 0 Å². The van der Waals surface area contributed by atoms with Gasteiger partial charge in [-0.15, -0.1) is 0 Å². The van der Waals surface area contributed by atoms with Gasteiger partial charge in [0.15, 0.2) is 0 Å². The molecule has 0 aliphatic carbocycles. The Morgan fingerprint density at radius 3 is 2.82 bits per heavy atom. The van der Waals surface area contributed by atoms with Crippen LogP contribution in [0.3, 0.4) is 0 Å². The lowest BCUT2D eigenvalue weighted by Gasteiger charge is -2.25. The molecule has 2 unspecified atom stereocenters. The molecule has 0 bridgehead atoms. The Morgan fingerprint density at radius 1 is 1.53 bits per heavy atom. The third kappa shape index (κ3) is 3.02. The van der Waals surface area contributed by atoms with Gasteiger partial charge in [0.1, 0.15) is 0 Å². The molecule has 1 aliphatic rings. The molecule has 1 fully saturated rings. The van der Waals surface area contributed by atoms with E-state index in [1.165, 1.54) is 35.1 Å². The summed E-state index contributed by atoms with van der Waals surface area (Å²) in [7, 11) is 0. The van der Waals surface area contributed by atoms with Gasteiger partial charge in [-0.25, -0.2) is 0 Å². The Kier molecular flexibility index (Phi) is 4.10. The number of halogens is 1. The fourth-order valence-electron chi connectivity index (χ4n) is 2.57. The topological polar surface area (TPSA) is 29.3 Å². The van der Waals surface area contributed by atoms with Crippen molar-refractivity contribution >= 4 is 21.6 Å². The summed E-state index contributed by atoms with van der Waals surface area (Å²) in [6, 6.07) is 7.52. The highest BCUT2D eigenvalue weighted by Gasteiger charge is 2.22. The summed E-state index contributed by atoms with van der Waals surface area (Å²) in [5.74, 6) is 0. The highest BCUT2D eigenvalue weighted by molar-refractivity contribution is 9.10. The molecule has 0 amide bonds. The van der Waals surface area contributed by atoms with E-state index in [1.54, 1.807) is 0 Å². The van der Waals surface area contributed by atoms with Crippen LogP contribution in [0.5, 0.6) is 0 Å². The highest BCUT2D eigenvalue weighted by atomic mass is 79.9. The first-order valence-corrected chi connectivity index (χ1v) is 7.18. The van der Waals surface area contributed by atoms with E-state index in [4.69, 9.17) is 5.73 Å². The largest absolute Gasteiger partial charge is 0.368 e. The van der Waals surface area contributed by atoms with E-state index in [0.29, 0.717) is 6.04 Å². The predicted molar refractivity (Wildman–Crippen MR) is 77.5 cm³/mol. The second kappa shape index (κ2) is 5.40. The molecule has 94 valence electrons. The number of nitrogens with zero attached hydrogens (tertiary/aromatic N) is 1. The molecule has 1 saturated heterocycles. The zero-order chi connectivity index (χ0) is 12.4. The maximum Gasteiger partial charge on any atom is 0.0513 e. The molecule has 1 heterocycles. The molecule has 2 atom stereocenters. The molecule has 0 saturated carbocycles. The summed E-state index contributed by atoms with van der Waals surface area (Å²) in [6.45, 7) is 5.52. The Morgan fingerprint density at radius 2 is 2.29 bits per heavy atom. The Bertz CT molecular complexity index is 390. The number of nitrogens with two attached hydrogens (primary N) is 1. The van der Waals surface area contributed by atoms with Gasteiger partial charge in [0, 0.05) is 23.1 Å². The van der Waals surface area contributed by atoms with E-state index in [9.17, 15) is 0 Å². The molecule has 0 radical (unpaired) electrons. The fourth-order valence-corrected chi connectivity index (χ4v) is 3.23. The Balaban J connectivity index is 2.19. The Labute approximate surface area is 112 Å². The van der Waals surface area contributed by atoms with Gasteiger partial charge >= 0.3 is 0 Å². The van der Waals surface area contributed by atoms with Crippen LogP contribution < -0.4 is 10.6 Å². The molecule has 1 aliphatic heterocycles. The standard InChI is InChI=1S/C14H21BrN2/c1-10(16)8-12-5-6-14(13(15)9-12)17-7-3-4-11(17)2/h5-6,9-11H,3-4,7-8,16H2,1-2H3. The first kappa shape index (κ1) is 12.9. The fraction of sp³-hybridized carbons (Fsp3) is 0.571. The van der Waals surface area contributed by atoms with Crippen LogP contribution in [0, 0.1) is 0 Å². The maximum absolute atomic E-state index is 5.83. The molecule has 2 nitrogen and oxygen atoms in total. The smallest absolute Gasteiger partial charge is 0.0513 e. The molecule has 1 aromatic carbocycles. The van der Waals surface area contributed by atoms with Gasteiger partial charge in [0.05, 0.1) is 5.69 Å². The van der Waals surface area contributed by atoms with Crippen molar-refractivity contribution in [1.82, 2.24) is 0 Å². The molecule has 1 aromatic rings. The average Bonchev–Trinajstić information content (AvgIpc) is 2.64. The van der Waals surface area contributed by atoms with Gasteiger partial charge in [-0.2, -0.15) is 0 Å². The van der Waals surface area contributed by atoms with Crippen molar-refractivity contribution in [2.45, 2.75) is 45.2 Å². The number of hydrogen-bond acceptors (Lipinski definition) is 2. The molecular weight excluding hydrogens is 276 g/mol. The number of benzene rings is 1. The van der Waals surface area contributed by atoms with Crippen LogP contribution in [-0.2, 0) is 6.42 Å². The van der Waals surface area contributed by atoms with Crippen molar-refractivity contribution in [2.24, 2.45) is 5.73 Å². The summed E-state index contributed by atoms with van der Waals surface area (Å²) in [4.78, 5) is 2.49. The lowest BCUT2D eigenvalue weighted by molar-refractivity contribution is 0.729. The van der Waals surface area contributed by atoms with E-state index in [-0.39, 0.29) is 6.04 Å². The van der Waals surface area contributed by atoms with Crippen LogP contribution in [0.15, 0.2) is 22.7 Å². The summed E-state index contributed by atoms with van der Waals surface area (Å²) in [6.07, 6.45) is 3.54. The van der Waals surface area contributed by atoms with Gasteiger partial charge in [-0.1, -0.05) is 6.07 Å². The maximum atomic E-state index is 5.83. The zero-order valence-electron chi connectivity index (χ0n) is 10.6. The third-order valence-electron chi connectivity index (χ3n) is 3.43. The second-order valence-corrected chi connectivity index (χ2v) is 6.01. The van der Waals surface area contributed by atoms with Gasteiger partial charge in [0.25, 0.3) is 0 Å². The second-order valence-electron chi connectivity index (χ2n) is 5.15. The van der Waals surface area contributed by atoms with Crippen molar-refractivity contribution in [1.29, 1.82) is 0 Å². The highest BCUT2D eigenvalue weighted by Crippen LogP contribution is 2.32. The first-order valence-electron chi connectivity index (χ1n) is 6.38. The van der Waals surface area contributed by atoms with Crippen LogP contribution in [-0.4, -0.2) is 18.6 Å². The number of anilines is 1. The average molecular weight is 297 g/mol. The van der Waals surface area contributed by atoms with Crippen molar-refractivity contribution in [2.75, 3.05) is 11.4 Å². The molecule has 2 rings (SSSR count). The first-order chi connectivity index (χ1) is 8.08. The van der Waals surface area contributed by atoms with Crippen molar-refractivity contribution in [3.63, 3.8) is 0 Å². The van der Waals surface area contributed by atoms with Crippen molar-refractivity contribution in [3.05, 3.63) is 28.2 Å².